The standard InChI is InChI=1S/C22H25N3O5/c26-18-4-1-16(2-5-18)7-8-23-21(27)22(28)25-11-9-24(10-12-25)14-17-3-6-19-20(13-17)30-15-29-19/h1-6,13,26H,7-12,14-15H2,(H,23,27). The quantitative estimate of drug-likeness (QED) is 0.717. The molecule has 8 nitrogen and oxygen atoms in total. The number of hydrogen-bond donors (Lipinski definition) is 2. The number of amides is 2. The number of piperazine rings is 1. The molecule has 0 saturated carbocycles. The molecule has 1 fully saturated rings. The zero-order valence-corrected chi connectivity index (χ0v) is 16.7. The average Bonchev–Trinajstić information content (AvgIpc) is 3.23. The van der Waals surface area contributed by atoms with Crippen molar-refractivity contribution in [1.82, 2.24) is 15.1 Å². The molecule has 2 aromatic rings. The highest BCUT2D eigenvalue weighted by Crippen LogP contribution is 2.32. The second kappa shape index (κ2) is 9.04. The number of carbonyl (C=O) groups excluding carboxylic acids is 2. The Labute approximate surface area is 175 Å². The van der Waals surface area contributed by atoms with E-state index in [0.717, 1.165) is 29.2 Å². The van der Waals surface area contributed by atoms with Crippen LogP contribution in [-0.2, 0) is 22.6 Å². The van der Waals surface area contributed by atoms with Crippen LogP contribution in [-0.4, -0.2) is 66.2 Å². The lowest BCUT2D eigenvalue weighted by Crippen LogP contribution is -2.52. The Kier molecular flexibility index (Phi) is 6.04. The summed E-state index contributed by atoms with van der Waals surface area (Å²) in [7, 11) is 0. The normalized spacial score (nSPS) is 15.8. The summed E-state index contributed by atoms with van der Waals surface area (Å²) in [5.74, 6) is 0.688. The maximum absolute atomic E-state index is 12.4. The van der Waals surface area contributed by atoms with Crippen molar-refractivity contribution in [2.75, 3.05) is 39.5 Å². The van der Waals surface area contributed by atoms with E-state index in [9.17, 15) is 14.7 Å². The van der Waals surface area contributed by atoms with E-state index in [1.807, 2.05) is 18.2 Å². The van der Waals surface area contributed by atoms with E-state index < -0.39 is 11.8 Å². The molecule has 158 valence electrons. The summed E-state index contributed by atoms with van der Waals surface area (Å²) in [6.07, 6.45) is 0.600. The van der Waals surface area contributed by atoms with Crippen LogP contribution >= 0.6 is 0 Å². The minimum atomic E-state index is -0.571. The fourth-order valence-corrected chi connectivity index (χ4v) is 3.61. The summed E-state index contributed by atoms with van der Waals surface area (Å²) in [5.41, 5.74) is 2.11. The summed E-state index contributed by atoms with van der Waals surface area (Å²) < 4.78 is 10.8. The van der Waals surface area contributed by atoms with Crippen LogP contribution in [0.1, 0.15) is 11.1 Å². The lowest BCUT2D eigenvalue weighted by atomic mass is 10.1. The second-order valence-electron chi connectivity index (χ2n) is 7.43. The fraction of sp³-hybridized carbons (Fsp3) is 0.364. The first-order valence-electron chi connectivity index (χ1n) is 10.0. The molecule has 2 aliphatic heterocycles. The summed E-state index contributed by atoms with van der Waals surface area (Å²) in [6.45, 7) is 3.86. The SMILES string of the molecule is O=C(NCCc1ccc(O)cc1)C(=O)N1CCN(Cc2ccc3c(c2)OCO3)CC1. The van der Waals surface area contributed by atoms with Crippen molar-refractivity contribution in [2.24, 2.45) is 0 Å². The molecule has 2 aliphatic rings. The van der Waals surface area contributed by atoms with Gasteiger partial charge in [-0.05, 0) is 41.8 Å². The third-order valence-corrected chi connectivity index (χ3v) is 5.33. The molecule has 0 bridgehead atoms. The molecule has 30 heavy (non-hydrogen) atoms. The molecule has 0 spiro atoms. The van der Waals surface area contributed by atoms with Crippen molar-refractivity contribution in [3.63, 3.8) is 0 Å². The maximum atomic E-state index is 12.4. The first-order valence-corrected chi connectivity index (χ1v) is 10.0. The number of phenolic OH excluding ortho intramolecular Hbond substituents is 1. The number of ether oxygens (including phenoxy) is 2. The van der Waals surface area contributed by atoms with Crippen LogP contribution in [0.15, 0.2) is 42.5 Å². The van der Waals surface area contributed by atoms with E-state index in [1.165, 1.54) is 0 Å². The monoisotopic (exact) mass is 411 g/mol. The first kappa shape index (κ1) is 20.0. The smallest absolute Gasteiger partial charge is 0.311 e. The minimum Gasteiger partial charge on any atom is -0.508 e. The Morgan fingerprint density at radius 1 is 0.933 bits per heavy atom. The van der Waals surface area contributed by atoms with Gasteiger partial charge < -0.3 is 24.8 Å². The molecule has 2 amide bonds. The Balaban J connectivity index is 1.20. The summed E-state index contributed by atoms with van der Waals surface area (Å²) in [4.78, 5) is 28.5. The second-order valence-corrected chi connectivity index (χ2v) is 7.43. The highest BCUT2D eigenvalue weighted by atomic mass is 16.7. The van der Waals surface area contributed by atoms with Gasteiger partial charge in [0.05, 0.1) is 0 Å². The van der Waals surface area contributed by atoms with Gasteiger partial charge in [-0.3, -0.25) is 14.5 Å². The van der Waals surface area contributed by atoms with Crippen LogP contribution in [0.2, 0.25) is 0 Å². The van der Waals surface area contributed by atoms with E-state index >= 15 is 0 Å². The van der Waals surface area contributed by atoms with Gasteiger partial charge in [0.15, 0.2) is 11.5 Å². The zero-order chi connectivity index (χ0) is 20.9. The maximum Gasteiger partial charge on any atom is 0.311 e. The predicted octanol–water partition coefficient (Wildman–Crippen LogP) is 1.12. The van der Waals surface area contributed by atoms with Gasteiger partial charge in [-0.25, -0.2) is 0 Å². The van der Waals surface area contributed by atoms with Crippen LogP contribution in [0.5, 0.6) is 17.2 Å². The fourth-order valence-electron chi connectivity index (χ4n) is 3.61. The van der Waals surface area contributed by atoms with Crippen molar-refractivity contribution in [2.45, 2.75) is 13.0 Å². The third-order valence-electron chi connectivity index (χ3n) is 5.33. The van der Waals surface area contributed by atoms with Gasteiger partial charge in [-0.1, -0.05) is 18.2 Å². The van der Waals surface area contributed by atoms with Crippen molar-refractivity contribution in [3.8, 4) is 17.2 Å². The van der Waals surface area contributed by atoms with Gasteiger partial charge in [0.2, 0.25) is 6.79 Å². The number of fused-ring (bicyclic) bond motifs is 1. The Morgan fingerprint density at radius 2 is 1.63 bits per heavy atom. The molecule has 2 heterocycles. The summed E-state index contributed by atoms with van der Waals surface area (Å²) in [5, 5.41) is 12.0. The van der Waals surface area contributed by atoms with Crippen molar-refractivity contribution >= 4 is 11.8 Å². The Hall–Kier alpha value is -3.26. The van der Waals surface area contributed by atoms with E-state index in [4.69, 9.17) is 9.47 Å². The average molecular weight is 411 g/mol. The summed E-state index contributed by atoms with van der Waals surface area (Å²) >= 11 is 0. The van der Waals surface area contributed by atoms with Gasteiger partial charge in [0.25, 0.3) is 0 Å². The van der Waals surface area contributed by atoms with Crippen molar-refractivity contribution in [1.29, 1.82) is 0 Å². The molecule has 4 rings (SSSR count). The van der Waals surface area contributed by atoms with Gasteiger partial charge in [0.1, 0.15) is 5.75 Å². The van der Waals surface area contributed by atoms with Gasteiger partial charge in [-0.2, -0.15) is 0 Å². The van der Waals surface area contributed by atoms with Gasteiger partial charge >= 0.3 is 11.8 Å². The number of nitrogens with one attached hydrogen (secondary N) is 1. The zero-order valence-electron chi connectivity index (χ0n) is 16.7. The molecule has 0 atom stereocenters. The number of phenols is 1. The topological polar surface area (TPSA) is 91.3 Å². The molecule has 1 saturated heterocycles. The van der Waals surface area contributed by atoms with Crippen LogP contribution in [0.4, 0.5) is 0 Å². The number of benzene rings is 2. The lowest BCUT2D eigenvalue weighted by Gasteiger charge is -2.34. The van der Waals surface area contributed by atoms with E-state index in [2.05, 4.69) is 10.2 Å². The molecule has 0 aliphatic carbocycles. The van der Waals surface area contributed by atoms with Crippen molar-refractivity contribution < 1.29 is 24.2 Å². The predicted molar refractivity (Wildman–Crippen MR) is 109 cm³/mol. The first-order chi connectivity index (χ1) is 14.6. The molecule has 2 N–H and O–H groups in total. The van der Waals surface area contributed by atoms with Crippen molar-refractivity contribution in [3.05, 3.63) is 53.6 Å². The molecule has 0 unspecified atom stereocenters. The lowest BCUT2D eigenvalue weighted by molar-refractivity contribution is -0.147. The number of aromatic hydroxyl groups is 1. The van der Waals surface area contributed by atoms with Crippen LogP contribution in [0, 0.1) is 0 Å². The highest BCUT2D eigenvalue weighted by molar-refractivity contribution is 6.35. The van der Waals surface area contributed by atoms with E-state index in [0.29, 0.717) is 39.1 Å². The molecule has 0 aromatic heterocycles. The van der Waals surface area contributed by atoms with E-state index in [-0.39, 0.29) is 12.5 Å². The molecule has 0 radical (unpaired) electrons. The largest absolute Gasteiger partial charge is 0.508 e. The molecular formula is C22H25N3O5. The number of nitrogens with zero attached hydrogens (tertiary/aromatic N) is 2. The molecular weight excluding hydrogens is 386 g/mol. The highest BCUT2D eigenvalue weighted by Gasteiger charge is 2.26. The molecule has 8 heteroatoms. The van der Waals surface area contributed by atoms with Crippen LogP contribution in [0.25, 0.3) is 0 Å². The number of carbonyl (C=O) groups is 2. The van der Waals surface area contributed by atoms with E-state index in [1.54, 1.807) is 29.2 Å². The van der Waals surface area contributed by atoms with Gasteiger partial charge in [-0.15, -0.1) is 0 Å². The summed E-state index contributed by atoms with van der Waals surface area (Å²) in [6, 6.07) is 12.7. The molecule has 2 aromatic carbocycles. The number of rotatable bonds is 5. The van der Waals surface area contributed by atoms with Crippen LogP contribution < -0.4 is 14.8 Å². The van der Waals surface area contributed by atoms with Crippen LogP contribution in [0.3, 0.4) is 0 Å². The minimum absolute atomic E-state index is 0.204. The van der Waals surface area contributed by atoms with Gasteiger partial charge in [0, 0.05) is 39.3 Å². The Morgan fingerprint density at radius 3 is 2.40 bits per heavy atom. The number of hydrogen-bond acceptors (Lipinski definition) is 6. The third kappa shape index (κ3) is 4.83. The Bertz CT molecular complexity index is 907.